The molecule has 0 aromatic carbocycles. The summed E-state index contributed by atoms with van der Waals surface area (Å²) in [5.41, 5.74) is 5.71. The lowest BCUT2D eigenvalue weighted by molar-refractivity contribution is -0.137. The van der Waals surface area contributed by atoms with Crippen molar-refractivity contribution in [2.75, 3.05) is 13.1 Å². The van der Waals surface area contributed by atoms with Gasteiger partial charge in [-0.1, -0.05) is 13.8 Å². The third-order valence-electron chi connectivity index (χ3n) is 2.65. The van der Waals surface area contributed by atoms with Gasteiger partial charge >= 0.3 is 5.97 Å². The minimum atomic E-state index is -0.856. The molecule has 18 heavy (non-hydrogen) atoms. The Morgan fingerprint density at radius 2 is 2.28 bits per heavy atom. The Labute approximate surface area is 120 Å². The van der Waals surface area contributed by atoms with E-state index in [0.717, 1.165) is 10.3 Å². The highest BCUT2D eigenvalue weighted by molar-refractivity contribution is 9.11. The Hall–Kier alpha value is -0.430. The molecule has 102 valence electrons. The Morgan fingerprint density at radius 1 is 1.61 bits per heavy atom. The number of carboxylic acids is 1. The van der Waals surface area contributed by atoms with Gasteiger partial charge in [-0.15, -0.1) is 11.3 Å². The minimum Gasteiger partial charge on any atom is -0.481 e. The van der Waals surface area contributed by atoms with E-state index in [1.54, 1.807) is 11.3 Å². The highest BCUT2D eigenvalue weighted by Gasteiger charge is 2.22. The van der Waals surface area contributed by atoms with Crippen molar-refractivity contribution >= 4 is 33.2 Å². The van der Waals surface area contributed by atoms with Gasteiger partial charge in [0.25, 0.3) is 0 Å². The highest BCUT2D eigenvalue weighted by Crippen LogP contribution is 2.32. The molecule has 4 nitrogen and oxygen atoms in total. The van der Waals surface area contributed by atoms with Crippen molar-refractivity contribution in [3.05, 3.63) is 20.8 Å². The van der Waals surface area contributed by atoms with E-state index in [1.807, 2.05) is 6.07 Å². The lowest BCUT2D eigenvalue weighted by atomic mass is 9.91. The zero-order valence-electron chi connectivity index (χ0n) is 10.6. The number of nitrogens with two attached hydrogens (primary N) is 1. The molecular formula is C12H19BrN2O2S. The molecule has 0 amide bonds. The van der Waals surface area contributed by atoms with Crippen LogP contribution in [0.2, 0.25) is 0 Å². The van der Waals surface area contributed by atoms with Gasteiger partial charge in [-0.3, -0.25) is 4.79 Å². The van der Waals surface area contributed by atoms with Crippen LogP contribution in [0.25, 0.3) is 0 Å². The summed E-state index contributed by atoms with van der Waals surface area (Å²) in [7, 11) is 0. The fraction of sp³-hybridized carbons (Fsp3) is 0.583. The van der Waals surface area contributed by atoms with Gasteiger partial charge < -0.3 is 16.2 Å². The molecule has 6 heteroatoms. The summed E-state index contributed by atoms with van der Waals surface area (Å²) in [6.45, 7) is 5.59. The molecule has 1 atom stereocenters. The average molecular weight is 335 g/mol. The molecule has 0 bridgehead atoms. The van der Waals surface area contributed by atoms with Crippen LogP contribution in [0.4, 0.5) is 0 Å². The molecule has 0 aliphatic rings. The van der Waals surface area contributed by atoms with E-state index in [0.29, 0.717) is 6.54 Å². The second-order valence-electron chi connectivity index (χ2n) is 4.98. The van der Waals surface area contributed by atoms with Gasteiger partial charge in [-0.2, -0.15) is 0 Å². The number of nitrogens with one attached hydrogen (secondary N) is 1. The normalized spacial score (nSPS) is 13.6. The van der Waals surface area contributed by atoms with Gasteiger partial charge in [-0.25, -0.2) is 0 Å². The SMILES string of the molecule is CC(C)(CNCC(N)CC(=O)O)c1ccc(Br)s1. The maximum atomic E-state index is 10.5. The van der Waals surface area contributed by atoms with Crippen LogP contribution in [-0.2, 0) is 10.2 Å². The van der Waals surface area contributed by atoms with E-state index in [2.05, 4.69) is 41.2 Å². The van der Waals surface area contributed by atoms with Crippen LogP contribution in [0, 0.1) is 0 Å². The first-order valence-corrected chi connectivity index (χ1v) is 7.36. The van der Waals surface area contributed by atoms with E-state index < -0.39 is 5.97 Å². The molecule has 0 aliphatic heterocycles. The molecule has 0 aliphatic carbocycles. The third kappa shape index (κ3) is 5.06. The van der Waals surface area contributed by atoms with Crippen molar-refractivity contribution in [2.24, 2.45) is 5.73 Å². The number of carbonyl (C=O) groups is 1. The average Bonchev–Trinajstić information content (AvgIpc) is 2.64. The zero-order valence-corrected chi connectivity index (χ0v) is 13.0. The topological polar surface area (TPSA) is 75.3 Å². The molecule has 1 rings (SSSR count). The van der Waals surface area contributed by atoms with E-state index >= 15 is 0 Å². The van der Waals surface area contributed by atoms with Crippen LogP contribution in [0.3, 0.4) is 0 Å². The lowest BCUT2D eigenvalue weighted by Crippen LogP contribution is -2.40. The van der Waals surface area contributed by atoms with Crippen molar-refractivity contribution in [3.63, 3.8) is 0 Å². The summed E-state index contributed by atoms with van der Waals surface area (Å²) in [6, 6.07) is 3.80. The Balaban J connectivity index is 2.40. The summed E-state index contributed by atoms with van der Waals surface area (Å²) in [5.74, 6) is -0.856. The maximum Gasteiger partial charge on any atom is 0.304 e. The van der Waals surface area contributed by atoms with E-state index in [9.17, 15) is 4.79 Å². The number of rotatable bonds is 7. The number of hydrogen-bond donors (Lipinski definition) is 3. The molecular weight excluding hydrogens is 316 g/mol. The fourth-order valence-corrected chi connectivity index (χ4v) is 3.12. The van der Waals surface area contributed by atoms with E-state index in [1.165, 1.54) is 4.88 Å². The van der Waals surface area contributed by atoms with Crippen molar-refractivity contribution in [1.82, 2.24) is 5.32 Å². The third-order valence-corrected chi connectivity index (χ3v) is 4.64. The van der Waals surface area contributed by atoms with E-state index in [4.69, 9.17) is 10.8 Å². The van der Waals surface area contributed by atoms with Crippen molar-refractivity contribution in [3.8, 4) is 0 Å². The van der Waals surface area contributed by atoms with Crippen LogP contribution in [-0.4, -0.2) is 30.2 Å². The van der Waals surface area contributed by atoms with Gasteiger partial charge in [0, 0.05) is 29.4 Å². The van der Waals surface area contributed by atoms with Crippen molar-refractivity contribution < 1.29 is 9.90 Å². The van der Waals surface area contributed by atoms with Gasteiger partial charge in [0.1, 0.15) is 0 Å². The molecule has 1 aromatic rings. The van der Waals surface area contributed by atoms with E-state index in [-0.39, 0.29) is 17.9 Å². The van der Waals surface area contributed by atoms with Crippen LogP contribution in [0.1, 0.15) is 25.1 Å². The summed E-state index contributed by atoms with van der Waals surface area (Å²) in [5, 5.41) is 11.9. The Bertz CT molecular complexity index is 407. The largest absolute Gasteiger partial charge is 0.481 e. The van der Waals surface area contributed by atoms with Crippen LogP contribution < -0.4 is 11.1 Å². The molecule has 4 N–H and O–H groups in total. The minimum absolute atomic E-state index is 0.00201. The number of thiophene rings is 1. The number of hydrogen-bond acceptors (Lipinski definition) is 4. The first-order valence-electron chi connectivity index (χ1n) is 5.75. The summed E-state index contributed by atoms with van der Waals surface area (Å²) in [4.78, 5) is 11.8. The molecule has 1 heterocycles. The first-order chi connectivity index (χ1) is 8.31. The predicted octanol–water partition coefficient (Wildman–Crippen LogP) is 2.18. The standard InChI is InChI=1S/C12H19BrN2O2S/c1-12(2,9-3-4-10(13)18-9)7-15-6-8(14)5-11(16)17/h3-4,8,15H,5-7,14H2,1-2H3,(H,16,17). The molecule has 1 unspecified atom stereocenters. The summed E-state index contributed by atoms with van der Waals surface area (Å²) < 4.78 is 1.12. The summed E-state index contributed by atoms with van der Waals surface area (Å²) >= 11 is 5.17. The number of halogens is 1. The molecule has 0 saturated heterocycles. The van der Waals surface area contributed by atoms with Gasteiger partial charge in [0.05, 0.1) is 10.2 Å². The van der Waals surface area contributed by atoms with Crippen molar-refractivity contribution in [2.45, 2.75) is 31.7 Å². The number of carboxylic acid groups (broad SMARTS) is 1. The van der Waals surface area contributed by atoms with Gasteiger partial charge in [0.15, 0.2) is 0 Å². The Morgan fingerprint density at radius 3 is 2.78 bits per heavy atom. The fourth-order valence-electron chi connectivity index (χ4n) is 1.63. The molecule has 1 aromatic heterocycles. The monoisotopic (exact) mass is 334 g/mol. The highest BCUT2D eigenvalue weighted by atomic mass is 79.9. The van der Waals surface area contributed by atoms with Crippen LogP contribution in [0.5, 0.6) is 0 Å². The van der Waals surface area contributed by atoms with Gasteiger partial charge in [-0.05, 0) is 28.1 Å². The summed E-state index contributed by atoms with van der Waals surface area (Å²) in [6.07, 6.45) is -0.00201. The molecule has 0 fully saturated rings. The first kappa shape index (κ1) is 15.6. The quantitative estimate of drug-likeness (QED) is 0.714. The van der Waals surface area contributed by atoms with Crippen molar-refractivity contribution in [1.29, 1.82) is 0 Å². The predicted molar refractivity (Wildman–Crippen MR) is 78.1 cm³/mol. The number of aliphatic carboxylic acids is 1. The second-order valence-corrected chi connectivity index (χ2v) is 7.44. The van der Waals surface area contributed by atoms with Crippen LogP contribution >= 0.6 is 27.3 Å². The van der Waals surface area contributed by atoms with Crippen LogP contribution in [0.15, 0.2) is 15.9 Å². The lowest BCUT2D eigenvalue weighted by Gasteiger charge is -2.24. The molecule has 0 saturated carbocycles. The molecule has 0 radical (unpaired) electrons. The second kappa shape index (κ2) is 6.65. The van der Waals surface area contributed by atoms with Gasteiger partial charge in [0.2, 0.25) is 0 Å². The molecule has 0 spiro atoms. The smallest absolute Gasteiger partial charge is 0.304 e. The zero-order chi connectivity index (χ0) is 13.8. The Kier molecular flexibility index (Phi) is 5.78. The maximum absolute atomic E-state index is 10.5.